The van der Waals surface area contributed by atoms with Crippen LogP contribution in [0.2, 0.25) is 5.02 Å². The fraction of sp³-hybridized carbons (Fsp3) is 0.391. The van der Waals surface area contributed by atoms with Crippen LogP contribution < -0.4 is 4.74 Å². The summed E-state index contributed by atoms with van der Waals surface area (Å²) in [6.07, 6.45) is 8.54. The summed E-state index contributed by atoms with van der Waals surface area (Å²) in [5, 5.41) is 0.0466. The molecule has 26 heavy (non-hydrogen) atoms. The summed E-state index contributed by atoms with van der Waals surface area (Å²) >= 11 is 6.11. The molecule has 0 aliphatic heterocycles. The molecule has 0 bridgehead atoms. The van der Waals surface area contributed by atoms with E-state index in [1.165, 1.54) is 36.8 Å². The lowest BCUT2D eigenvalue weighted by atomic mass is 9.84. The molecule has 0 radical (unpaired) electrons. The molecule has 1 aliphatic carbocycles. The fourth-order valence-corrected chi connectivity index (χ4v) is 3.93. The third-order valence-electron chi connectivity index (χ3n) is 5.13. The number of rotatable bonds is 6. The number of hydrogen-bond acceptors (Lipinski definition) is 1. The molecule has 1 unspecified atom stereocenters. The molecule has 0 N–H and O–H groups in total. The normalized spacial score (nSPS) is 17.1. The standard InChI is InChI=1S/C23H26ClFO/c1-3-5-16-6-8-17(9-7-16)18-10-12-19(13-11-18)20-14-15-21(26-4-2)22(24)23(20)25/h8,10-16H,3-7,9H2,1-2H3. The minimum absolute atomic E-state index is 0.0466. The molecule has 2 aromatic rings. The Kier molecular flexibility index (Phi) is 6.37. The van der Waals surface area contributed by atoms with Crippen LogP contribution >= 0.6 is 11.6 Å². The summed E-state index contributed by atoms with van der Waals surface area (Å²) < 4.78 is 20.0. The van der Waals surface area contributed by atoms with Crippen molar-refractivity contribution in [2.75, 3.05) is 6.61 Å². The van der Waals surface area contributed by atoms with Crippen molar-refractivity contribution in [3.63, 3.8) is 0 Å². The van der Waals surface area contributed by atoms with E-state index in [0.29, 0.717) is 17.9 Å². The first-order valence-electron chi connectivity index (χ1n) is 9.54. The van der Waals surface area contributed by atoms with Crippen molar-refractivity contribution >= 4 is 17.2 Å². The number of halogens is 2. The van der Waals surface area contributed by atoms with Gasteiger partial charge in [-0.25, -0.2) is 4.39 Å². The Balaban J connectivity index is 1.79. The summed E-state index contributed by atoms with van der Waals surface area (Å²) in [6.45, 7) is 4.57. The first-order valence-corrected chi connectivity index (χ1v) is 9.92. The smallest absolute Gasteiger partial charge is 0.153 e. The maximum atomic E-state index is 14.6. The molecule has 3 rings (SSSR count). The summed E-state index contributed by atoms with van der Waals surface area (Å²) in [5.41, 5.74) is 3.98. The minimum Gasteiger partial charge on any atom is -0.492 e. The Morgan fingerprint density at radius 3 is 2.42 bits per heavy atom. The molecule has 0 aromatic heterocycles. The summed E-state index contributed by atoms with van der Waals surface area (Å²) in [7, 11) is 0. The number of ether oxygens (including phenoxy) is 1. The maximum Gasteiger partial charge on any atom is 0.153 e. The van der Waals surface area contributed by atoms with Crippen molar-refractivity contribution in [2.45, 2.75) is 46.0 Å². The fourth-order valence-electron chi connectivity index (χ4n) is 3.71. The molecule has 3 heteroatoms. The van der Waals surface area contributed by atoms with E-state index in [9.17, 15) is 4.39 Å². The predicted molar refractivity (Wildman–Crippen MR) is 108 cm³/mol. The van der Waals surface area contributed by atoms with Gasteiger partial charge in [0.2, 0.25) is 0 Å². The van der Waals surface area contributed by atoms with Crippen LogP contribution in [0.5, 0.6) is 5.75 Å². The third kappa shape index (κ3) is 4.12. The SMILES string of the molecule is CCCC1CC=C(c2ccc(-c3ccc(OCC)c(Cl)c3F)cc2)CC1. The molecule has 1 atom stereocenters. The van der Waals surface area contributed by atoms with E-state index in [0.717, 1.165) is 17.9 Å². The lowest BCUT2D eigenvalue weighted by Crippen LogP contribution is -2.05. The molecule has 0 spiro atoms. The van der Waals surface area contributed by atoms with Gasteiger partial charge >= 0.3 is 0 Å². The van der Waals surface area contributed by atoms with Crippen LogP contribution in [0, 0.1) is 11.7 Å². The molecule has 1 nitrogen and oxygen atoms in total. The van der Waals surface area contributed by atoms with Crippen LogP contribution in [-0.2, 0) is 0 Å². The molecule has 138 valence electrons. The molecule has 0 fully saturated rings. The van der Waals surface area contributed by atoms with Gasteiger partial charge in [0.05, 0.1) is 6.61 Å². The Morgan fingerprint density at radius 1 is 1.08 bits per heavy atom. The van der Waals surface area contributed by atoms with E-state index in [1.54, 1.807) is 12.1 Å². The largest absolute Gasteiger partial charge is 0.492 e. The lowest BCUT2D eigenvalue weighted by molar-refractivity contribution is 0.338. The second-order valence-electron chi connectivity index (χ2n) is 6.91. The van der Waals surface area contributed by atoms with E-state index < -0.39 is 5.82 Å². The van der Waals surface area contributed by atoms with Crippen molar-refractivity contribution < 1.29 is 9.13 Å². The van der Waals surface area contributed by atoms with Crippen LogP contribution in [0.25, 0.3) is 16.7 Å². The summed E-state index contributed by atoms with van der Waals surface area (Å²) in [4.78, 5) is 0. The summed E-state index contributed by atoms with van der Waals surface area (Å²) in [6, 6.07) is 11.6. The van der Waals surface area contributed by atoms with Crippen molar-refractivity contribution in [3.05, 3.63) is 58.9 Å². The zero-order chi connectivity index (χ0) is 18.5. The van der Waals surface area contributed by atoms with Crippen molar-refractivity contribution in [1.82, 2.24) is 0 Å². The van der Waals surface area contributed by atoms with Gasteiger partial charge in [0.15, 0.2) is 5.82 Å². The molecule has 0 saturated heterocycles. The van der Waals surface area contributed by atoms with Gasteiger partial charge in [-0.1, -0.05) is 61.7 Å². The van der Waals surface area contributed by atoms with Gasteiger partial charge in [-0.2, -0.15) is 0 Å². The molecule has 2 aromatic carbocycles. The Hall–Kier alpha value is -1.80. The van der Waals surface area contributed by atoms with Gasteiger partial charge in [-0.05, 0) is 60.9 Å². The average Bonchev–Trinajstić information content (AvgIpc) is 2.67. The Bertz CT molecular complexity index is 780. The Morgan fingerprint density at radius 2 is 1.81 bits per heavy atom. The van der Waals surface area contributed by atoms with Crippen molar-refractivity contribution in [3.8, 4) is 16.9 Å². The average molecular weight is 373 g/mol. The highest BCUT2D eigenvalue weighted by Gasteiger charge is 2.16. The van der Waals surface area contributed by atoms with Crippen molar-refractivity contribution in [1.29, 1.82) is 0 Å². The van der Waals surface area contributed by atoms with Gasteiger partial charge < -0.3 is 4.74 Å². The summed E-state index contributed by atoms with van der Waals surface area (Å²) in [5.74, 6) is 0.800. The lowest BCUT2D eigenvalue weighted by Gasteiger charge is -2.21. The zero-order valence-corrected chi connectivity index (χ0v) is 16.3. The highest BCUT2D eigenvalue weighted by molar-refractivity contribution is 6.32. The quantitative estimate of drug-likeness (QED) is 0.509. The molecule has 0 amide bonds. The second-order valence-corrected chi connectivity index (χ2v) is 7.29. The zero-order valence-electron chi connectivity index (χ0n) is 15.5. The highest BCUT2D eigenvalue weighted by Crippen LogP contribution is 2.36. The molecule has 0 heterocycles. The minimum atomic E-state index is -0.426. The molecule has 1 aliphatic rings. The topological polar surface area (TPSA) is 9.23 Å². The number of allylic oxidation sites excluding steroid dienone is 2. The van der Waals surface area contributed by atoms with Crippen LogP contribution in [-0.4, -0.2) is 6.61 Å². The van der Waals surface area contributed by atoms with Crippen LogP contribution in [0.4, 0.5) is 4.39 Å². The monoisotopic (exact) mass is 372 g/mol. The second kappa shape index (κ2) is 8.73. The van der Waals surface area contributed by atoms with E-state index >= 15 is 0 Å². The van der Waals surface area contributed by atoms with E-state index in [4.69, 9.17) is 16.3 Å². The Labute approximate surface area is 160 Å². The van der Waals surface area contributed by atoms with Crippen LogP contribution in [0.3, 0.4) is 0 Å². The highest BCUT2D eigenvalue weighted by atomic mass is 35.5. The first-order chi connectivity index (χ1) is 12.6. The molecular weight excluding hydrogens is 347 g/mol. The maximum absolute atomic E-state index is 14.6. The number of benzene rings is 2. The van der Waals surface area contributed by atoms with Crippen molar-refractivity contribution in [2.24, 2.45) is 5.92 Å². The van der Waals surface area contributed by atoms with E-state index in [1.807, 2.05) is 19.1 Å². The molecular formula is C23H26ClFO. The van der Waals surface area contributed by atoms with Gasteiger partial charge in [-0.15, -0.1) is 0 Å². The predicted octanol–water partition coefficient (Wildman–Crippen LogP) is 7.53. The third-order valence-corrected chi connectivity index (χ3v) is 5.48. The number of hydrogen-bond donors (Lipinski definition) is 0. The first kappa shape index (κ1) is 19.0. The van der Waals surface area contributed by atoms with E-state index in [-0.39, 0.29) is 5.02 Å². The van der Waals surface area contributed by atoms with Crippen LogP contribution in [0.1, 0.15) is 51.5 Å². The van der Waals surface area contributed by atoms with Gasteiger partial charge in [0, 0.05) is 5.56 Å². The van der Waals surface area contributed by atoms with Gasteiger partial charge in [0.25, 0.3) is 0 Å². The molecule has 0 saturated carbocycles. The van der Waals surface area contributed by atoms with Gasteiger partial charge in [0.1, 0.15) is 10.8 Å². The van der Waals surface area contributed by atoms with E-state index in [2.05, 4.69) is 25.1 Å². The van der Waals surface area contributed by atoms with Gasteiger partial charge in [-0.3, -0.25) is 0 Å². The van der Waals surface area contributed by atoms with Crippen LogP contribution in [0.15, 0.2) is 42.5 Å².